The van der Waals surface area contributed by atoms with Crippen LogP contribution in [0.2, 0.25) is 0 Å². The summed E-state index contributed by atoms with van der Waals surface area (Å²) in [5.74, 6) is 0.752. The number of methoxy groups -OCH3 is 1. The lowest BCUT2D eigenvalue weighted by molar-refractivity contribution is -0.139. The van der Waals surface area contributed by atoms with Crippen LogP contribution in [0.1, 0.15) is 35.4 Å². The predicted molar refractivity (Wildman–Crippen MR) is 161 cm³/mol. The van der Waals surface area contributed by atoms with Gasteiger partial charge in [-0.1, -0.05) is 41.6 Å². The Bertz CT molecular complexity index is 1580. The molecular weight excluding hydrogens is 530 g/mol. The maximum atomic E-state index is 13.8. The molecule has 2 aliphatic rings. The van der Waals surface area contributed by atoms with Crippen LogP contribution in [0.15, 0.2) is 66.7 Å². The highest BCUT2D eigenvalue weighted by Crippen LogP contribution is 2.35. The first-order valence-electron chi connectivity index (χ1n) is 14.5. The number of carbonyl (C=O) groups is 2. The zero-order chi connectivity index (χ0) is 29.2. The number of nitrogens with two attached hydrogens (primary N) is 1. The Kier molecular flexibility index (Phi) is 7.80. The van der Waals surface area contributed by atoms with Crippen LogP contribution in [-0.2, 0) is 29.6 Å². The van der Waals surface area contributed by atoms with Crippen molar-refractivity contribution in [3.8, 4) is 5.75 Å². The topological polar surface area (TPSA) is 127 Å². The summed E-state index contributed by atoms with van der Waals surface area (Å²) in [5.41, 5.74) is 12.6. The number of aromatic nitrogens is 3. The van der Waals surface area contributed by atoms with Gasteiger partial charge in [-0.15, -0.1) is 5.10 Å². The number of amides is 2. The van der Waals surface area contributed by atoms with Crippen LogP contribution in [0, 0.1) is 5.92 Å². The number of fused-ring (bicyclic) bond motifs is 2. The van der Waals surface area contributed by atoms with Crippen LogP contribution < -0.4 is 21.1 Å². The summed E-state index contributed by atoms with van der Waals surface area (Å²) in [4.78, 5) is 29.2. The number of aryl methyl sites for hydroxylation is 1. The van der Waals surface area contributed by atoms with Crippen LogP contribution in [-0.4, -0.2) is 64.0 Å². The van der Waals surface area contributed by atoms with Crippen LogP contribution in [0.5, 0.6) is 5.75 Å². The number of rotatable bonds is 9. The minimum Gasteiger partial charge on any atom is -0.497 e. The van der Waals surface area contributed by atoms with E-state index < -0.39 is 12.1 Å². The molecule has 4 atom stereocenters. The second kappa shape index (κ2) is 11.8. The fourth-order valence-corrected chi connectivity index (χ4v) is 6.35. The van der Waals surface area contributed by atoms with E-state index in [0.717, 1.165) is 46.6 Å². The van der Waals surface area contributed by atoms with E-state index in [-0.39, 0.29) is 23.7 Å². The minimum absolute atomic E-state index is 0.134. The zero-order valence-corrected chi connectivity index (χ0v) is 24.0. The lowest BCUT2D eigenvalue weighted by Gasteiger charge is -2.28. The van der Waals surface area contributed by atoms with Crippen LogP contribution in [0.4, 0.5) is 5.69 Å². The normalized spacial score (nSPS) is 20.3. The zero-order valence-electron chi connectivity index (χ0n) is 24.0. The molecule has 2 aliphatic heterocycles. The molecule has 4 aromatic rings. The lowest BCUT2D eigenvalue weighted by Crippen LogP contribution is -2.51. The molecule has 2 amide bonds. The van der Waals surface area contributed by atoms with E-state index in [9.17, 15) is 9.59 Å². The Morgan fingerprint density at radius 2 is 1.90 bits per heavy atom. The molecule has 4 N–H and O–H groups in total. The molecule has 0 aliphatic carbocycles. The van der Waals surface area contributed by atoms with E-state index in [2.05, 4.69) is 33.1 Å². The molecular formula is C32H37N7O3. The van der Waals surface area contributed by atoms with Crippen molar-refractivity contribution in [1.82, 2.24) is 25.2 Å². The Balaban J connectivity index is 1.16. The highest BCUT2D eigenvalue weighted by molar-refractivity contribution is 5.90. The highest BCUT2D eigenvalue weighted by atomic mass is 16.5. The molecule has 0 spiro atoms. The summed E-state index contributed by atoms with van der Waals surface area (Å²) >= 11 is 0. The molecule has 1 aromatic heterocycles. The molecule has 3 aromatic carbocycles. The predicted octanol–water partition coefficient (Wildman–Crippen LogP) is 2.98. The SMILES string of the molecule is COc1ccc(CC2CC(C(=O)NCc3ccc4c(c3)nnn4C)N(C(=O)C(N)CC3CNc4ccccc43)C2)cc1. The Morgan fingerprint density at radius 1 is 1.12 bits per heavy atom. The highest BCUT2D eigenvalue weighted by Gasteiger charge is 2.41. The molecule has 1 saturated heterocycles. The summed E-state index contributed by atoms with van der Waals surface area (Å²) in [7, 11) is 3.49. The number of hydrogen-bond donors (Lipinski definition) is 3. The standard InChI is InChI=1S/C32H37N7O3/c1-38-29-12-9-21(14-28(29)36-37-38)17-35-31(40)30-15-22(13-20-7-10-24(42-2)11-8-20)19-39(30)32(41)26(33)16-23-18-34-27-6-4-3-5-25(23)27/h3-12,14,22-23,26,30,34H,13,15-19,33H2,1-2H3,(H,35,40). The number of nitrogens with zero attached hydrogens (tertiary/aromatic N) is 4. The van der Waals surface area contributed by atoms with Gasteiger partial charge in [0.25, 0.3) is 0 Å². The smallest absolute Gasteiger partial charge is 0.243 e. The second-order valence-electron chi connectivity index (χ2n) is 11.4. The lowest BCUT2D eigenvalue weighted by atomic mass is 9.93. The van der Waals surface area contributed by atoms with Crippen molar-refractivity contribution in [3.63, 3.8) is 0 Å². The number of ether oxygens (including phenoxy) is 1. The van der Waals surface area contributed by atoms with Gasteiger partial charge < -0.3 is 26.0 Å². The number of nitrogens with one attached hydrogen (secondary N) is 2. The van der Waals surface area contributed by atoms with Gasteiger partial charge in [-0.3, -0.25) is 9.59 Å². The summed E-state index contributed by atoms with van der Waals surface area (Å²) < 4.78 is 7.01. The average molecular weight is 568 g/mol. The van der Waals surface area contributed by atoms with Crippen molar-refractivity contribution in [3.05, 3.63) is 83.4 Å². The quantitative estimate of drug-likeness (QED) is 0.284. The monoisotopic (exact) mass is 567 g/mol. The third kappa shape index (κ3) is 5.67. The van der Waals surface area contributed by atoms with Gasteiger partial charge in [0, 0.05) is 38.3 Å². The van der Waals surface area contributed by atoms with Gasteiger partial charge in [0.05, 0.1) is 18.7 Å². The van der Waals surface area contributed by atoms with E-state index in [1.165, 1.54) is 5.56 Å². The number of carbonyl (C=O) groups excluding carboxylic acids is 2. The van der Waals surface area contributed by atoms with Crippen LogP contribution in [0.3, 0.4) is 0 Å². The van der Waals surface area contributed by atoms with Crippen molar-refractivity contribution in [2.45, 2.75) is 43.8 Å². The fraction of sp³-hybridized carbons (Fsp3) is 0.375. The van der Waals surface area contributed by atoms with Gasteiger partial charge in [0.15, 0.2) is 0 Å². The number of likely N-dealkylation sites (tertiary alicyclic amines) is 1. The molecule has 3 heterocycles. The summed E-state index contributed by atoms with van der Waals surface area (Å²) in [6.45, 7) is 1.58. The van der Waals surface area contributed by atoms with E-state index in [0.29, 0.717) is 25.9 Å². The summed E-state index contributed by atoms with van der Waals surface area (Å²) in [6, 6.07) is 20.7. The van der Waals surface area contributed by atoms with Crippen molar-refractivity contribution in [2.24, 2.45) is 18.7 Å². The maximum absolute atomic E-state index is 13.8. The first-order valence-corrected chi connectivity index (χ1v) is 14.5. The largest absolute Gasteiger partial charge is 0.497 e. The van der Waals surface area contributed by atoms with Gasteiger partial charge in [-0.05, 0) is 72.2 Å². The second-order valence-corrected chi connectivity index (χ2v) is 11.4. The van der Waals surface area contributed by atoms with Gasteiger partial charge in [0.1, 0.15) is 17.3 Å². The summed E-state index contributed by atoms with van der Waals surface area (Å²) in [5, 5.41) is 14.7. The van der Waals surface area contributed by atoms with E-state index in [1.807, 2.05) is 61.6 Å². The maximum Gasteiger partial charge on any atom is 0.243 e. The van der Waals surface area contributed by atoms with Crippen LogP contribution in [0.25, 0.3) is 11.0 Å². The Morgan fingerprint density at radius 3 is 2.71 bits per heavy atom. The van der Waals surface area contributed by atoms with Crippen LogP contribution >= 0.6 is 0 Å². The number of anilines is 1. The van der Waals surface area contributed by atoms with E-state index in [4.69, 9.17) is 10.5 Å². The van der Waals surface area contributed by atoms with Crippen molar-refractivity contribution in [1.29, 1.82) is 0 Å². The minimum atomic E-state index is -0.697. The molecule has 4 unspecified atom stereocenters. The number of hydrogen-bond acceptors (Lipinski definition) is 7. The van der Waals surface area contributed by atoms with E-state index >= 15 is 0 Å². The molecule has 1 fully saturated rings. The van der Waals surface area contributed by atoms with Crippen molar-refractivity contribution < 1.29 is 14.3 Å². The Labute approximate surface area is 245 Å². The molecule has 0 saturated carbocycles. The third-order valence-corrected chi connectivity index (χ3v) is 8.59. The molecule has 218 valence electrons. The molecule has 10 heteroatoms. The number of para-hydroxylation sites is 1. The molecule has 10 nitrogen and oxygen atoms in total. The third-order valence-electron chi connectivity index (χ3n) is 8.59. The van der Waals surface area contributed by atoms with Gasteiger partial charge >= 0.3 is 0 Å². The number of benzene rings is 3. The Hall–Kier alpha value is -4.44. The van der Waals surface area contributed by atoms with Gasteiger partial charge in [-0.2, -0.15) is 0 Å². The first-order chi connectivity index (χ1) is 20.4. The van der Waals surface area contributed by atoms with Gasteiger partial charge in [-0.25, -0.2) is 4.68 Å². The molecule has 0 radical (unpaired) electrons. The summed E-state index contributed by atoms with van der Waals surface area (Å²) in [6.07, 6.45) is 1.86. The van der Waals surface area contributed by atoms with Crippen molar-refractivity contribution >= 4 is 28.5 Å². The van der Waals surface area contributed by atoms with E-state index in [1.54, 1.807) is 16.7 Å². The van der Waals surface area contributed by atoms with Crippen molar-refractivity contribution in [2.75, 3.05) is 25.5 Å². The first kappa shape index (κ1) is 27.7. The molecule has 0 bridgehead atoms. The fourth-order valence-electron chi connectivity index (χ4n) is 6.35. The molecule has 6 rings (SSSR count). The molecule has 42 heavy (non-hydrogen) atoms. The average Bonchev–Trinajstić information content (AvgIpc) is 3.73. The van der Waals surface area contributed by atoms with Gasteiger partial charge in [0.2, 0.25) is 11.8 Å².